The summed E-state index contributed by atoms with van der Waals surface area (Å²) in [6.07, 6.45) is 0. The number of carbonyl (C=O) groups excluding carboxylic acids is 1. The number of carbonyl (C=O) groups is 1. The molecule has 0 N–H and O–H groups in total. The van der Waals surface area contributed by atoms with Crippen LogP contribution < -0.4 is 4.90 Å². The third-order valence-electron chi connectivity index (χ3n) is 3.36. The highest BCUT2D eigenvalue weighted by atomic mass is 35.5. The molecule has 20 heavy (non-hydrogen) atoms. The molecule has 0 bridgehead atoms. The summed E-state index contributed by atoms with van der Waals surface area (Å²) >= 11 is 5.79. The van der Waals surface area contributed by atoms with Gasteiger partial charge in [-0.25, -0.2) is 0 Å². The van der Waals surface area contributed by atoms with Crippen molar-refractivity contribution < 1.29 is 9.72 Å². The van der Waals surface area contributed by atoms with Crippen LogP contribution in [0, 0.1) is 10.1 Å². The van der Waals surface area contributed by atoms with Crippen molar-refractivity contribution in [3.05, 3.63) is 34.4 Å². The molecule has 1 aliphatic rings. The minimum atomic E-state index is -0.499. The fraction of sp³-hybridized carbons (Fsp3) is 0.462. The first-order chi connectivity index (χ1) is 9.49. The predicted molar refractivity (Wildman–Crippen MR) is 77.2 cm³/mol. The predicted octanol–water partition coefficient (Wildman–Crippen LogP) is 1.87. The Morgan fingerprint density at radius 1 is 1.25 bits per heavy atom. The van der Waals surface area contributed by atoms with E-state index in [9.17, 15) is 14.9 Å². The summed E-state index contributed by atoms with van der Waals surface area (Å²) in [5, 5.41) is 10.1. The third-order valence-corrected chi connectivity index (χ3v) is 3.54. The summed E-state index contributed by atoms with van der Waals surface area (Å²) in [5.74, 6) is -0.0463. The van der Waals surface area contributed by atoms with Crippen LogP contribution in [0.4, 0.5) is 11.4 Å². The van der Waals surface area contributed by atoms with Crippen LogP contribution in [0.1, 0.15) is 6.92 Å². The average Bonchev–Trinajstić information content (AvgIpc) is 2.46. The highest BCUT2D eigenvalue weighted by Crippen LogP contribution is 2.20. The van der Waals surface area contributed by atoms with Crippen LogP contribution in [-0.4, -0.2) is 47.3 Å². The number of nitro groups is 1. The average molecular weight is 298 g/mol. The van der Waals surface area contributed by atoms with E-state index < -0.39 is 10.3 Å². The molecular formula is C13H16ClN3O3. The van der Waals surface area contributed by atoms with Gasteiger partial charge >= 0.3 is 0 Å². The Bertz CT molecular complexity index is 496. The SMILES string of the molecule is C[C@@H](Cl)C(=O)N1CCN(c2ccc([N+](=O)[O-])cc2)CC1. The first-order valence-corrected chi connectivity index (χ1v) is 6.85. The Balaban J connectivity index is 1.97. The Kier molecular flexibility index (Phi) is 4.44. The standard InChI is InChI=1S/C13H16ClN3O3/c1-10(14)13(18)16-8-6-15(7-9-16)11-2-4-12(5-3-11)17(19)20/h2-5,10H,6-9H2,1H3/t10-/m1/s1. The molecular weight excluding hydrogens is 282 g/mol. The van der Waals surface area contributed by atoms with Gasteiger partial charge in [-0.05, 0) is 19.1 Å². The highest BCUT2D eigenvalue weighted by Gasteiger charge is 2.24. The first-order valence-electron chi connectivity index (χ1n) is 6.41. The maximum absolute atomic E-state index is 11.8. The smallest absolute Gasteiger partial charge is 0.269 e. The van der Waals surface area contributed by atoms with E-state index in [0.717, 1.165) is 5.69 Å². The number of alkyl halides is 1. The van der Waals surface area contributed by atoms with Gasteiger partial charge in [0.2, 0.25) is 5.91 Å². The van der Waals surface area contributed by atoms with E-state index in [1.807, 2.05) is 0 Å². The van der Waals surface area contributed by atoms with Crippen LogP contribution in [0.3, 0.4) is 0 Å². The summed E-state index contributed by atoms with van der Waals surface area (Å²) in [7, 11) is 0. The molecule has 1 aliphatic heterocycles. The molecule has 0 saturated carbocycles. The van der Waals surface area contributed by atoms with Crippen molar-refractivity contribution in [2.75, 3.05) is 31.1 Å². The van der Waals surface area contributed by atoms with Crippen LogP contribution in [0.25, 0.3) is 0 Å². The summed E-state index contributed by atoms with van der Waals surface area (Å²) in [4.78, 5) is 25.8. The number of hydrogen-bond acceptors (Lipinski definition) is 4. The van der Waals surface area contributed by atoms with Crippen LogP contribution in [0.5, 0.6) is 0 Å². The molecule has 1 atom stereocenters. The number of nitro benzene ring substituents is 1. The van der Waals surface area contributed by atoms with E-state index in [0.29, 0.717) is 26.2 Å². The van der Waals surface area contributed by atoms with Crippen molar-refractivity contribution in [2.24, 2.45) is 0 Å². The lowest BCUT2D eigenvalue weighted by Gasteiger charge is -2.36. The number of piperazine rings is 1. The van der Waals surface area contributed by atoms with Crippen molar-refractivity contribution in [3.8, 4) is 0 Å². The second-order valence-corrected chi connectivity index (χ2v) is 5.36. The molecule has 1 heterocycles. The lowest BCUT2D eigenvalue weighted by molar-refractivity contribution is -0.384. The second kappa shape index (κ2) is 6.09. The van der Waals surface area contributed by atoms with E-state index in [-0.39, 0.29) is 11.6 Å². The van der Waals surface area contributed by atoms with Crippen LogP contribution in [0.2, 0.25) is 0 Å². The molecule has 1 aromatic rings. The molecule has 0 unspecified atom stereocenters. The van der Waals surface area contributed by atoms with Gasteiger partial charge < -0.3 is 9.80 Å². The number of rotatable bonds is 3. The molecule has 108 valence electrons. The van der Waals surface area contributed by atoms with Crippen LogP contribution >= 0.6 is 11.6 Å². The lowest BCUT2D eigenvalue weighted by atomic mass is 10.2. The summed E-state index contributed by atoms with van der Waals surface area (Å²) < 4.78 is 0. The molecule has 1 saturated heterocycles. The Morgan fingerprint density at radius 3 is 2.25 bits per heavy atom. The van der Waals surface area contributed by atoms with Gasteiger partial charge in [-0.2, -0.15) is 0 Å². The Hall–Kier alpha value is -1.82. The minimum absolute atomic E-state index is 0.0463. The molecule has 0 aromatic heterocycles. The van der Waals surface area contributed by atoms with Crippen molar-refractivity contribution >= 4 is 28.9 Å². The minimum Gasteiger partial charge on any atom is -0.368 e. The van der Waals surface area contributed by atoms with E-state index in [4.69, 9.17) is 11.6 Å². The van der Waals surface area contributed by atoms with E-state index in [1.165, 1.54) is 12.1 Å². The quantitative estimate of drug-likeness (QED) is 0.485. The molecule has 6 nitrogen and oxygen atoms in total. The maximum Gasteiger partial charge on any atom is 0.269 e. The van der Waals surface area contributed by atoms with Gasteiger partial charge in [-0.3, -0.25) is 14.9 Å². The molecule has 2 rings (SSSR count). The fourth-order valence-corrected chi connectivity index (χ4v) is 2.36. The van der Waals surface area contributed by atoms with Gasteiger partial charge in [-0.15, -0.1) is 11.6 Å². The van der Waals surface area contributed by atoms with Crippen molar-refractivity contribution in [2.45, 2.75) is 12.3 Å². The van der Waals surface area contributed by atoms with E-state index in [1.54, 1.807) is 24.0 Å². The van der Waals surface area contributed by atoms with Gasteiger partial charge in [-0.1, -0.05) is 0 Å². The van der Waals surface area contributed by atoms with Crippen molar-refractivity contribution in [1.82, 2.24) is 4.90 Å². The zero-order chi connectivity index (χ0) is 14.7. The largest absolute Gasteiger partial charge is 0.368 e. The monoisotopic (exact) mass is 297 g/mol. The van der Waals surface area contributed by atoms with Crippen molar-refractivity contribution in [3.63, 3.8) is 0 Å². The summed E-state index contributed by atoms with van der Waals surface area (Å²) in [5.41, 5.74) is 1.01. The highest BCUT2D eigenvalue weighted by molar-refractivity contribution is 6.30. The lowest BCUT2D eigenvalue weighted by Crippen LogP contribution is -2.50. The summed E-state index contributed by atoms with van der Waals surface area (Å²) in [6, 6.07) is 6.46. The number of halogens is 1. The number of nitrogens with zero attached hydrogens (tertiary/aromatic N) is 3. The molecule has 1 fully saturated rings. The van der Waals surface area contributed by atoms with Crippen LogP contribution in [0.15, 0.2) is 24.3 Å². The number of non-ortho nitro benzene ring substituents is 1. The zero-order valence-electron chi connectivity index (χ0n) is 11.2. The maximum atomic E-state index is 11.8. The van der Waals surface area contributed by atoms with E-state index in [2.05, 4.69) is 4.90 Å². The Morgan fingerprint density at radius 2 is 1.80 bits per heavy atom. The Labute approximate surface area is 122 Å². The van der Waals surface area contributed by atoms with Gasteiger partial charge in [0, 0.05) is 44.0 Å². The molecule has 1 amide bonds. The zero-order valence-corrected chi connectivity index (χ0v) is 11.9. The number of hydrogen-bond donors (Lipinski definition) is 0. The number of anilines is 1. The molecule has 1 aromatic carbocycles. The van der Waals surface area contributed by atoms with Gasteiger partial charge in [0.05, 0.1) is 4.92 Å². The second-order valence-electron chi connectivity index (χ2n) is 4.70. The fourth-order valence-electron chi connectivity index (χ4n) is 2.22. The molecule has 0 radical (unpaired) electrons. The number of benzene rings is 1. The first kappa shape index (κ1) is 14.6. The summed E-state index contributed by atoms with van der Waals surface area (Å²) in [6.45, 7) is 4.31. The topological polar surface area (TPSA) is 66.7 Å². The van der Waals surface area contributed by atoms with Crippen LogP contribution in [-0.2, 0) is 4.79 Å². The van der Waals surface area contributed by atoms with Gasteiger partial charge in [0.25, 0.3) is 5.69 Å². The van der Waals surface area contributed by atoms with E-state index >= 15 is 0 Å². The molecule has 0 aliphatic carbocycles. The molecule has 7 heteroatoms. The number of amides is 1. The van der Waals surface area contributed by atoms with Crippen molar-refractivity contribution in [1.29, 1.82) is 0 Å². The normalized spacial score (nSPS) is 16.9. The molecule has 0 spiro atoms. The third kappa shape index (κ3) is 3.19. The van der Waals surface area contributed by atoms with Gasteiger partial charge in [0.1, 0.15) is 5.38 Å². The van der Waals surface area contributed by atoms with Gasteiger partial charge in [0.15, 0.2) is 0 Å².